The zero-order chi connectivity index (χ0) is 59.5. The van der Waals surface area contributed by atoms with E-state index >= 15 is 9.13 Å². The SMILES string of the molecule is CC[C@@H]1CN([P@@](=O)(OC[C@@H]2CN([P@@](=O)(OC[C@@H]3CNC[C@H](n4ccc(NC(=O)c5ccccc5)nc4=O)O3)N(C)C)C[C@H](n3cnc4c3N=C(NC(=O)C(C)C)CC4=O)O2)N(C)C)C[C@H](n2cnc3c(NC(=O)c4ccccc4)ncnc32)O1. The number of anilines is 2. The number of amides is 3. The maximum Gasteiger partial charge on any atom is 0.351 e. The van der Waals surface area contributed by atoms with E-state index < -0.39 is 69.9 Å². The Balaban J connectivity index is 0.893. The number of benzene rings is 2. The highest BCUT2D eigenvalue weighted by atomic mass is 31.2. The van der Waals surface area contributed by atoms with Crippen LogP contribution < -0.4 is 27.0 Å². The fourth-order valence-electron chi connectivity index (χ4n) is 9.88. The summed E-state index contributed by atoms with van der Waals surface area (Å²) in [7, 11) is -1.59. The fraction of sp³-hybridized carbons (Fsp3) is 0.453. The molecule has 0 aliphatic carbocycles. The molecule has 0 unspecified atom stereocenters. The molecule has 0 bridgehead atoms. The van der Waals surface area contributed by atoms with Crippen LogP contribution in [0.1, 0.15) is 83.5 Å². The van der Waals surface area contributed by atoms with Crippen molar-refractivity contribution in [1.82, 2.24) is 67.9 Å². The van der Waals surface area contributed by atoms with Gasteiger partial charge in [0, 0.05) is 49.4 Å². The highest BCUT2D eigenvalue weighted by Crippen LogP contribution is 2.57. The third kappa shape index (κ3) is 12.9. The number of ether oxygens (including phenoxy) is 3. The van der Waals surface area contributed by atoms with Gasteiger partial charge in [-0.15, -0.1) is 0 Å². The van der Waals surface area contributed by atoms with Crippen LogP contribution in [0.5, 0.6) is 0 Å². The van der Waals surface area contributed by atoms with Gasteiger partial charge >= 0.3 is 21.0 Å². The lowest BCUT2D eigenvalue weighted by molar-refractivity contribution is -0.123. The van der Waals surface area contributed by atoms with Crippen LogP contribution in [0, 0.1) is 5.92 Å². The lowest BCUT2D eigenvalue weighted by atomic mass is 10.1. The van der Waals surface area contributed by atoms with E-state index in [1.165, 1.54) is 49.7 Å². The summed E-state index contributed by atoms with van der Waals surface area (Å²) in [6.45, 7) is 5.40. The van der Waals surface area contributed by atoms with Crippen LogP contribution in [0.4, 0.5) is 17.5 Å². The quantitative estimate of drug-likeness (QED) is 0.0809. The number of imidazole rings is 2. The zero-order valence-corrected chi connectivity index (χ0v) is 49.2. The standard InChI is InChI=1S/C53H67N17O12P2/c1-8-36-24-66(26-43(80-36)69-32-58-46-47(55-30-56-48(46)69)63-52(74)35-17-13-10-14-18-35)83(76,64(4)5)79-29-38-25-67(27-44(82-38)70-31-57-45-39(71)21-41(59-49(45)70)61-50(72)33(2)3)84(77,65(6)7)78-28-37-22-54-23-42(81-37)68-20-19-40(62-53(68)75)60-51(73)34-15-11-9-12-16-34/h9-20,30-33,36-38,42-44,54H,8,21-29H2,1-7H3,(H,59,61,72)(H,55,56,63,74)(H,60,62,73,75)/t36-,37+,38+,42-,43-,44-,83+,84+/m1/s1. The minimum absolute atomic E-state index is 0.0440. The Labute approximate surface area is 483 Å². The summed E-state index contributed by atoms with van der Waals surface area (Å²) in [5, 5.41) is 11.5. The number of ketones is 1. The molecule has 2 aromatic carbocycles. The second-order valence-electron chi connectivity index (χ2n) is 21.0. The van der Waals surface area contributed by atoms with Crippen molar-refractivity contribution < 1.29 is 51.6 Å². The Morgan fingerprint density at radius 2 is 1.30 bits per heavy atom. The zero-order valence-electron chi connectivity index (χ0n) is 47.4. The highest BCUT2D eigenvalue weighted by molar-refractivity contribution is 7.54. The number of nitrogens with zero attached hydrogens (tertiary/aromatic N) is 13. The molecule has 31 heteroatoms. The van der Waals surface area contributed by atoms with Gasteiger partial charge < -0.3 is 44.5 Å². The first-order valence-electron chi connectivity index (χ1n) is 27.3. The van der Waals surface area contributed by atoms with Crippen LogP contribution >= 0.6 is 15.3 Å². The number of aliphatic imine (C=N–C) groups is 1. The van der Waals surface area contributed by atoms with Crippen LogP contribution in [0.3, 0.4) is 0 Å². The van der Waals surface area contributed by atoms with Gasteiger partial charge in [-0.2, -0.15) is 4.98 Å². The summed E-state index contributed by atoms with van der Waals surface area (Å²) in [4.78, 5) is 92.3. The molecule has 3 amide bonds. The molecule has 4 aromatic heterocycles. The summed E-state index contributed by atoms with van der Waals surface area (Å²) in [5.74, 6) is -1.45. The number of aromatic nitrogens is 8. The third-order valence-corrected chi connectivity index (χ3v) is 19.5. The topological polar surface area (TPSA) is 318 Å². The normalized spacial score (nSPS) is 23.0. The van der Waals surface area contributed by atoms with E-state index in [9.17, 15) is 24.0 Å². The number of nitrogens with one attached hydrogen (secondary N) is 4. The second kappa shape index (κ2) is 25.6. The van der Waals surface area contributed by atoms with Crippen LogP contribution in [-0.2, 0) is 37.2 Å². The minimum atomic E-state index is -4.09. The molecule has 10 rings (SSSR count). The number of Topliss-reactive ketones (excluding diaryl/α,β-unsaturated/α-hetero) is 1. The smallest absolute Gasteiger partial charge is 0.351 e. The molecule has 8 atom stereocenters. The molecule has 3 fully saturated rings. The Bertz CT molecular complexity index is 3580. The van der Waals surface area contributed by atoms with Crippen LogP contribution in [-0.4, -0.2) is 186 Å². The molecule has 3 saturated heterocycles. The Hall–Kier alpha value is -7.11. The van der Waals surface area contributed by atoms with Gasteiger partial charge in [-0.05, 0) is 64.9 Å². The van der Waals surface area contributed by atoms with Gasteiger partial charge in [0.1, 0.15) is 30.4 Å². The van der Waals surface area contributed by atoms with Gasteiger partial charge in [0.2, 0.25) is 5.91 Å². The molecule has 4 N–H and O–H groups in total. The molecule has 8 heterocycles. The molecule has 0 spiro atoms. The number of morpholine rings is 3. The number of carbonyl (C=O) groups is 4. The molecule has 6 aromatic rings. The van der Waals surface area contributed by atoms with Crippen molar-refractivity contribution in [1.29, 1.82) is 0 Å². The average molecular weight is 1200 g/mol. The predicted octanol–water partition coefficient (Wildman–Crippen LogP) is 4.54. The molecule has 446 valence electrons. The van der Waals surface area contributed by atoms with E-state index in [1.807, 2.05) is 13.0 Å². The number of amidine groups is 1. The van der Waals surface area contributed by atoms with E-state index in [2.05, 4.69) is 51.2 Å². The van der Waals surface area contributed by atoms with Gasteiger partial charge in [0.15, 0.2) is 40.5 Å². The Kier molecular flexibility index (Phi) is 18.3. The van der Waals surface area contributed by atoms with Crippen LogP contribution in [0.2, 0.25) is 0 Å². The molecule has 84 heavy (non-hydrogen) atoms. The Morgan fingerprint density at radius 3 is 1.93 bits per heavy atom. The maximum absolute atomic E-state index is 15.7. The molecule has 0 radical (unpaired) electrons. The largest absolute Gasteiger partial charge is 0.352 e. The lowest BCUT2D eigenvalue weighted by Gasteiger charge is -2.45. The van der Waals surface area contributed by atoms with Crippen molar-refractivity contribution in [3.63, 3.8) is 0 Å². The summed E-state index contributed by atoms with van der Waals surface area (Å²) < 4.78 is 74.9. The molecular weight excluding hydrogens is 1130 g/mol. The lowest BCUT2D eigenvalue weighted by Crippen LogP contribution is -2.49. The molecule has 4 aliphatic rings. The predicted molar refractivity (Wildman–Crippen MR) is 306 cm³/mol. The number of rotatable bonds is 19. The van der Waals surface area contributed by atoms with Crippen molar-refractivity contribution in [2.75, 3.05) is 91.3 Å². The van der Waals surface area contributed by atoms with Crippen LogP contribution in [0.15, 0.2) is 102 Å². The average Bonchev–Trinajstić information content (AvgIpc) is 2.18. The summed E-state index contributed by atoms with van der Waals surface area (Å²) in [6, 6.07) is 18.7. The number of hydrogen-bond acceptors (Lipinski definition) is 19. The van der Waals surface area contributed by atoms with E-state index in [1.54, 1.807) is 111 Å². The van der Waals surface area contributed by atoms with E-state index in [4.69, 9.17) is 23.3 Å². The molecular formula is C53H67N17O12P2. The number of carbonyl (C=O) groups excluding carboxylic acids is 4. The first kappa shape index (κ1) is 60.0. The van der Waals surface area contributed by atoms with E-state index in [0.29, 0.717) is 28.7 Å². The highest BCUT2D eigenvalue weighted by Gasteiger charge is 2.47. The van der Waals surface area contributed by atoms with Crippen molar-refractivity contribution in [2.45, 2.75) is 70.6 Å². The van der Waals surface area contributed by atoms with Crippen LogP contribution in [0.25, 0.3) is 11.2 Å². The summed E-state index contributed by atoms with van der Waals surface area (Å²) in [5.41, 5.74) is 0.877. The Morgan fingerprint density at radius 1 is 0.702 bits per heavy atom. The van der Waals surface area contributed by atoms with E-state index in [0.717, 1.165) is 0 Å². The van der Waals surface area contributed by atoms with Crippen molar-refractivity contribution in [3.8, 4) is 0 Å². The van der Waals surface area contributed by atoms with Crippen molar-refractivity contribution >= 4 is 73.3 Å². The van der Waals surface area contributed by atoms with Gasteiger partial charge in [0.25, 0.3) is 11.8 Å². The summed E-state index contributed by atoms with van der Waals surface area (Å²) in [6.07, 6.45) is 1.20. The molecule has 4 aliphatic heterocycles. The number of fused-ring (bicyclic) bond motifs is 2. The second-order valence-corrected chi connectivity index (χ2v) is 26.2. The van der Waals surface area contributed by atoms with E-state index in [-0.39, 0.29) is 105 Å². The van der Waals surface area contributed by atoms with Gasteiger partial charge in [-0.1, -0.05) is 57.2 Å². The van der Waals surface area contributed by atoms with Crippen molar-refractivity contribution in [3.05, 3.63) is 119 Å². The maximum atomic E-state index is 15.7. The monoisotopic (exact) mass is 1200 g/mol. The third-order valence-electron chi connectivity index (χ3n) is 14.4. The van der Waals surface area contributed by atoms with Gasteiger partial charge in [-0.3, -0.25) is 42.0 Å². The molecule has 29 nitrogen and oxygen atoms in total. The number of hydrogen-bond donors (Lipinski definition) is 4. The first-order valence-corrected chi connectivity index (χ1v) is 30.4. The van der Waals surface area contributed by atoms with Gasteiger partial charge in [-0.25, -0.2) is 48.4 Å². The fourth-order valence-corrected chi connectivity index (χ4v) is 13.9. The molecule has 0 saturated carbocycles. The first-order chi connectivity index (χ1) is 40.3. The van der Waals surface area contributed by atoms with Gasteiger partial charge in [0.05, 0.1) is 63.7 Å². The summed E-state index contributed by atoms with van der Waals surface area (Å²) >= 11 is 0. The minimum Gasteiger partial charge on any atom is -0.352 e. The van der Waals surface area contributed by atoms with Crippen molar-refractivity contribution in [2.24, 2.45) is 10.9 Å².